The molecule has 0 heterocycles. The second kappa shape index (κ2) is 7.77. The van der Waals surface area contributed by atoms with Gasteiger partial charge in [-0.15, -0.1) is 0 Å². The molecular formula is C19H20O7. The molecule has 0 saturated carbocycles. The Labute approximate surface area is 150 Å². The summed E-state index contributed by atoms with van der Waals surface area (Å²) in [4.78, 5) is 23.8. The number of ether oxygens (including phenoxy) is 3. The maximum Gasteiger partial charge on any atom is 0.519 e. The van der Waals surface area contributed by atoms with Crippen molar-refractivity contribution in [2.24, 2.45) is 5.41 Å². The van der Waals surface area contributed by atoms with E-state index in [1.54, 1.807) is 13.8 Å². The van der Waals surface area contributed by atoms with Gasteiger partial charge in [0.1, 0.15) is 17.2 Å². The van der Waals surface area contributed by atoms with E-state index in [-0.39, 0.29) is 23.2 Å². The molecule has 0 unspecified atom stereocenters. The molecule has 2 rings (SSSR count). The number of carbonyl (C=O) groups excluding carboxylic acids is 2. The largest absolute Gasteiger partial charge is 0.519 e. The number of rotatable bonds is 5. The second-order valence-electron chi connectivity index (χ2n) is 6.20. The van der Waals surface area contributed by atoms with Crippen molar-refractivity contribution in [2.75, 3.05) is 0 Å². The quantitative estimate of drug-likeness (QED) is 0.359. The monoisotopic (exact) mass is 360 g/mol. The number of phenolic OH excluding ortho intramolecular Hbond substituents is 2. The average molecular weight is 360 g/mol. The van der Waals surface area contributed by atoms with Crippen LogP contribution in [0.2, 0.25) is 0 Å². The van der Waals surface area contributed by atoms with E-state index >= 15 is 0 Å². The van der Waals surface area contributed by atoms with Gasteiger partial charge in [0.25, 0.3) is 0 Å². The smallest absolute Gasteiger partial charge is 0.504 e. The first kappa shape index (κ1) is 19.1. The van der Waals surface area contributed by atoms with Crippen molar-refractivity contribution in [2.45, 2.75) is 27.2 Å². The van der Waals surface area contributed by atoms with Crippen LogP contribution in [-0.2, 0) is 4.79 Å². The topological polar surface area (TPSA) is 102 Å². The second-order valence-corrected chi connectivity index (χ2v) is 6.20. The predicted molar refractivity (Wildman–Crippen MR) is 92.6 cm³/mol. The lowest BCUT2D eigenvalue weighted by molar-refractivity contribution is -0.144. The standard InChI is InChI=1S/C19H20O7/c1-4-19(2,3)17(22)24-12-5-7-13(8-6-12)25-18(23)26-14-9-10-15(20)16(21)11-14/h5-11,20-21H,4H2,1-3H3. The molecule has 0 fully saturated rings. The molecule has 0 aliphatic heterocycles. The minimum Gasteiger partial charge on any atom is -0.504 e. The van der Waals surface area contributed by atoms with Gasteiger partial charge in [0.2, 0.25) is 0 Å². The van der Waals surface area contributed by atoms with Crippen LogP contribution in [0.3, 0.4) is 0 Å². The Morgan fingerprint density at radius 1 is 0.846 bits per heavy atom. The highest BCUT2D eigenvalue weighted by atomic mass is 16.7. The first-order valence-electron chi connectivity index (χ1n) is 7.95. The summed E-state index contributed by atoms with van der Waals surface area (Å²) in [5, 5.41) is 18.6. The van der Waals surface area contributed by atoms with E-state index in [0.717, 1.165) is 6.07 Å². The molecule has 2 aromatic rings. The molecule has 0 aliphatic rings. The Kier molecular flexibility index (Phi) is 5.71. The summed E-state index contributed by atoms with van der Waals surface area (Å²) in [5.41, 5.74) is -0.589. The molecule has 7 heteroatoms. The fraction of sp³-hybridized carbons (Fsp3) is 0.263. The van der Waals surface area contributed by atoms with Crippen LogP contribution in [0, 0.1) is 5.41 Å². The maximum absolute atomic E-state index is 12.0. The van der Waals surface area contributed by atoms with Crippen LogP contribution < -0.4 is 14.2 Å². The van der Waals surface area contributed by atoms with Crippen LogP contribution in [0.5, 0.6) is 28.7 Å². The Bertz CT molecular complexity index is 794. The van der Waals surface area contributed by atoms with Crippen LogP contribution in [0.25, 0.3) is 0 Å². The highest BCUT2D eigenvalue weighted by molar-refractivity contribution is 5.78. The van der Waals surface area contributed by atoms with E-state index in [2.05, 4.69) is 0 Å². The fourth-order valence-corrected chi connectivity index (χ4v) is 1.75. The molecule has 7 nitrogen and oxygen atoms in total. The lowest BCUT2D eigenvalue weighted by Gasteiger charge is -2.20. The lowest BCUT2D eigenvalue weighted by Crippen LogP contribution is -2.28. The van der Waals surface area contributed by atoms with E-state index in [4.69, 9.17) is 14.2 Å². The summed E-state index contributed by atoms with van der Waals surface area (Å²) in [7, 11) is 0. The maximum atomic E-state index is 12.0. The highest BCUT2D eigenvalue weighted by Gasteiger charge is 2.27. The molecule has 2 N–H and O–H groups in total. The summed E-state index contributed by atoms with van der Waals surface area (Å²) >= 11 is 0. The first-order chi connectivity index (χ1) is 12.2. The van der Waals surface area contributed by atoms with Crippen molar-refractivity contribution in [1.29, 1.82) is 0 Å². The van der Waals surface area contributed by atoms with Gasteiger partial charge in [0, 0.05) is 6.07 Å². The highest BCUT2D eigenvalue weighted by Crippen LogP contribution is 2.29. The molecule has 0 radical (unpaired) electrons. The van der Waals surface area contributed by atoms with E-state index in [1.165, 1.54) is 36.4 Å². The van der Waals surface area contributed by atoms with Gasteiger partial charge in [-0.1, -0.05) is 6.92 Å². The number of carbonyl (C=O) groups is 2. The molecule has 26 heavy (non-hydrogen) atoms. The first-order valence-corrected chi connectivity index (χ1v) is 7.95. The van der Waals surface area contributed by atoms with E-state index < -0.39 is 17.3 Å². The molecule has 0 saturated heterocycles. The third kappa shape index (κ3) is 4.89. The summed E-state index contributed by atoms with van der Waals surface area (Å²) in [6.45, 7) is 5.49. The normalized spacial score (nSPS) is 10.9. The number of aromatic hydroxyl groups is 2. The van der Waals surface area contributed by atoms with Crippen molar-refractivity contribution in [1.82, 2.24) is 0 Å². The molecule has 0 atom stereocenters. The third-order valence-electron chi connectivity index (χ3n) is 3.82. The van der Waals surface area contributed by atoms with Gasteiger partial charge in [0.15, 0.2) is 11.5 Å². The van der Waals surface area contributed by atoms with Crippen molar-refractivity contribution < 1.29 is 34.0 Å². The molecule has 0 aromatic heterocycles. The van der Waals surface area contributed by atoms with Crippen LogP contribution in [-0.4, -0.2) is 22.3 Å². The van der Waals surface area contributed by atoms with E-state index in [0.29, 0.717) is 12.2 Å². The van der Waals surface area contributed by atoms with Crippen LogP contribution in [0.15, 0.2) is 42.5 Å². The van der Waals surface area contributed by atoms with Crippen LogP contribution in [0.4, 0.5) is 4.79 Å². The van der Waals surface area contributed by atoms with Crippen molar-refractivity contribution in [3.05, 3.63) is 42.5 Å². The lowest BCUT2D eigenvalue weighted by atomic mass is 9.91. The molecule has 0 amide bonds. The molecular weight excluding hydrogens is 340 g/mol. The van der Waals surface area contributed by atoms with Crippen molar-refractivity contribution in [3.8, 4) is 28.7 Å². The number of hydrogen-bond donors (Lipinski definition) is 2. The number of benzene rings is 2. The van der Waals surface area contributed by atoms with Crippen molar-refractivity contribution in [3.63, 3.8) is 0 Å². The van der Waals surface area contributed by atoms with Gasteiger partial charge in [-0.25, -0.2) is 4.79 Å². The Balaban J connectivity index is 1.95. The van der Waals surface area contributed by atoms with Gasteiger partial charge in [-0.3, -0.25) is 4.79 Å². The molecule has 2 aromatic carbocycles. The number of esters is 1. The zero-order valence-electron chi connectivity index (χ0n) is 14.7. The zero-order valence-corrected chi connectivity index (χ0v) is 14.7. The Morgan fingerprint density at radius 2 is 1.35 bits per heavy atom. The number of hydrogen-bond acceptors (Lipinski definition) is 7. The minimum atomic E-state index is -1.02. The third-order valence-corrected chi connectivity index (χ3v) is 3.82. The summed E-state index contributed by atoms with van der Waals surface area (Å²) in [6, 6.07) is 9.47. The van der Waals surface area contributed by atoms with Gasteiger partial charge >= 0.3 is 12.1 Å². The zero-order chi connectivity index (χ0) is 19.3. The molecule has 0 bridgehead atoms. The summed E-state index contributed by atoms with van der Waals surface area (Å²) in [5.74, 6) is -0.565. The predicted octanol–water partition coefficient (Wildman–Crippen LogP) is 4.02. The SMILES string of the molecule is CCC(C)(C)C(=O)Oc1ccc(OC(=O)Oc2ccc(O)c(O)c2)cc1. The van der Waals surface area contributed by atoms with Crippen LogP contribution >= 0.6 is 0 Å². The Morgan fingerprint density at radius 3 is 1.88 bits per heavy atom. The molecule has 0 spiro atoms. The molecule has 0 aliphatic carbocycles. The van der Waals surface area contributed by atoms with Crippen molar-refractivity contribution >= 4 is 12.1 Å². The minimum absolute atomic E-state index is 0.0117. The summed E-state index contributed by atoms with van der Waals surface area (Å²) in [6.07, 6.45) is -0.377. The molecule has 138 valence electrons. The van der Waals surface area contributed by atoms with Gasteiger partial charge < -0.3 is 24.4 Å². The van der Waals surface area contributed by atoms with Gasteiger partial charge in [-0.05, 0) is 56.7 Å². The average Bonchev–Trinajstić information content (AvgIpc) is 2.59. The van der Waals surface area contributed by atoms with Gasteiger partial charge in [0.05, 0.1) is 5.41 Å². The Hall–Kier alpha value is -3.22. The van der Waals surface area contributed by atoms with Crippen LogP contribution in [0.1, 0.15) is 27.2 Å². The fourth-order valence-electron chi connectivity index (χ4n) is 1.75. The van der Waals surface area contributed by atoms with E-state index in [1.807, 2.05) is 6.92 Å². The number of phenols is 2. The van der Waals surface area contributed by atoms with Gasteiger partial charge in [-0.2, -0.15) is 0 Å². The van der Waals surface area contributed by atoms with E-state index in [9.17, 15) is 19.8 Å². The summed E-state index contributed by atoms with van der Waals surface area (Å²) < 4.78 is 15.2.